The van der Waals surface area contributed by atoms with E-state index in [-0.39, 0.29) is 5.76 Å². The zero-order valence-corrected chi connectivity index (χ0v) is 14.2. The Morgan fingerprint density at radius 1 is 1.04 bits per heavy atom. The van der Waals surface area contributed by atoms with Gasteiger partial charge in [0.05, 0.1) is 11.3 Å². The molecule has 6 nitrogen and oxygen atoms in total. The lowest BCUT2D eigenvalue weighted by atomic mass is 9.98. The Labute approximate surface area is 137 Å². The van der Waals surface area contributed by atoms with Crippen LogP contribution in [0.2, 0.25) is 0 Å². The standard InChI is InChI=1S/C16H18BN5O/c1-8-14(9(2)20-12(5)19-8)13(7-18)16(23-17)15-10(3)21-22(6)11(15)4/h1-6H3. The SMILES string of the molecule is [B]OC(=C(C#N)c1c(C)nc(C)nc1C)c1c(C)nn(C)c1C. The molecule has 0 fully saturated rings. The van der Waals surface area contributed by atoms with Gasteiger partial charge >= 0.3 is 8.05 Å². The van der Waals surface area contributed by atoms with Crippen LogP contribution in [-0.4, -0.2) is 27.8 Å². The minimum absolute atomic E-state index is 0.286. The van der Waals surface area contributed by atoms with Crippen LogP contribution in [-0.2, 0) is 11.7 Å². The molecule has 0 aliphatic carbocycles. The molecule has 116 valence electrons. The van der Waals surface area contributed by atoms with Crippen molar-refractivity contribution in [3.05, 3.63) is 39.7 Å². The zero-order chi connectivity index (χ0) is 17.3. The Morgan fingerprint density at radius 3 is 2.00 bits per heavy atom. The molecule has 7 heteroatoms. The summed E-state index contributed by atoms with van der Waals surface area (Å²) in [6.45, 7) is 9.24. The predicted octanol–water partition coefficient (Wildman–Crippen LogP) is 2.24. The minimum atomic E-state index is 0.286. The average Bonchev–Trinajstić information content (AvgIpc) is 2.71. The summed E-state index contributed by atoms with van der Waals surface area (Å²) >= 11 is 0. The third kappa shape index (κ3) is 2.84. The Balaban J connectivity index is 2.85. The molecular formula is C16H18BN5O. The van der Waals surface area contributed by atoms with E-state index < -0.39 is 0 Å². The van der Waals surface area contributed by atoms with Crippen molar-refractivity contribution in [1.82, 2.24) is 19.7 Å². The Kier molecular flexibility index (Phi) is 4.55. The number of hydrogen-bond donors (Lipinski definition) is 0. The third-order valence-electron chi connectivity index (χ3n) is 3.83. The predicted molar refractivity (Wildman–Crippen MR) is 88.2 cm³/mol. The van der Waals surface area contributed by atoms with Gasteiger partial charge in [0.1, 0.15) is 23.2 Å². The molecule has 0 aliphatic rings. The van der Waals surface area contributed by atoms with Gasteiger partial charge < -0.3 is 4.65 Å². The van der Waals surface area contributed by atoms with Gasteiger partial charge in [0.25, 0.3) is 0 Å². The van der Waals surface area contributed by atoms with E-state index in [1.165, 1.54) is 0 Å². The van der Waals surface area contributed by atoms with E-state index in [1.807, 2.05) is 41.7 Å². The molecule has 0 amide bonds. The molecule has 0 aromatic carbocycles. The van der Waals surface area contributed by atoms with Crippen molar-refractivity contribution >= 4 is 19.4 Å². The number of aromatic nitrogens is 4. The molecule has 0 atom stereocenters. The van der Waals surface area contributed by atoms with Crippen molar-refractivity contribution in [2.45, 2.75) is 34.6 Å². The smallest absolute Gasteiger partial charge is 0.374 e. The highest BCUT2D eigenvalue weighted by Crippen LogP contribution is 2.32. The van der Waals surface area contributed by atoms with E-state index in [2.05, 4.69) is 21.1 Å². The molecule has 2 aromatic heterocycles. The first-order valence-corrected chi connectivity index (χ1v) is 7.15. The Hall–Kier alpha value is -2.62. The molecule has 2 heterocycles. The maximum absolute atomic E-state index is 9.72. The highest BCUT2D eigenvalue weighted by Gasteiger charge is 2.22. The van der Waals surface area contributed by atoms with Crippen molar-refractivity contribution in [2.75, 3.05) is 0 Å². The van der Waals surface area contributed by atoms with E-state index in [9.17, 15) is 5.26 Å². The fraction of sp³-hybridized carbons (Fsp3) is 0.375. The maximum atomic E-state index is 9.72. The molecule has 0 spiro atoms. The number of aryl methyl sites for hydroxylation is 5. The summed E-state index contributed by atoms with van der Waals surface area (Å²) in [4.78, 5) is 8.70. The molecule has 0 saturated heterocycles. The summed E-state index contributed by atoms with van der Waals surface area (Å²) in [5.74, 6) is 0.944. The fourth-order valence-corrected chi connectivity index (χ4v) is 2.81. The van der Waals surface area contributed by atoms with Gasteiger partial charge in [-0.15, -0.1) is 0 Å². The van der Waals surface area contributed by atoms with Crippen LogP contribution in [0.1, 0.15) is 39.7 Å². The number of rotatable bonds is 3. The van der Waals surface area contributed by atoms with Crippen LogP contribution in [0.5, 0.6) is 0 Å². The van der Waals surface area contributed by atoms with Gasteiger partial charge in [-0.05, 0) is 34.6 Å². The van der Waals surface area contributed by atoms with Crippen LogP contribution in [0.4, 0.5) is 0 Å². The molecule has 0 bridgehead atoms. The second-order valence-electron chi connectivity index (χ2n) is 5.42. The summed E-state index contributed by atoms with van der Waals surface area (Å²) in [6, 6.07) is 2.19. The first kappa shape index (κ1) is 16.8. The lowest BCUT2D eigenvalue weighted by Crippen LogP contribution is -2.05. The second kappa shape index (κ2) is 6.25. The summed E-state index contributed by atoms with van der Waals surface area (Å²) in [5.41, 5.74) is 4.68. The normalized spacial score (nSPS) is 11.9. The number of nitriles is 1. The fourth-order valence-electron chi connectivity index (χ4n) is 2.81. The monoisotopic (exact) mass is 307 g/mol. The van der Waals surface area contributed by atoms with Crippen LogP contribution in [0.15, 0.2) is 0 Å². The van der Waals surface area contributed by atoms with Gasteiger partial charge in [-0.25, -0.2) is 9.97 Å². The first-order chi connectivity index (χ1) is 10.8. The summed E-state index contributed by atoms with van der Waals surface area (Å²) in [5, 5.41) is 14.1. The van der Waals surface area contributed by atoms with E-state index in [0.717, 1.165) is 11.4 Å². The Morgan fingerprint density at radius 2 is 1.61 bits per heavy atom. The van der Waals surface area contributed by atoms with E-state index >= 15 is 0 Å². The lowest BCUT2D eigenvalue weighted by molar-refractivity contribution is 0.573. The minimum Gasteiger partial charge on any atom is -0.566 e. The number of allylic oxidation sites excluding steroid dienone is 1. The molecule has 2 rings (SSSR count). The quantitative estimate of drug-likeness (QED) is 0.494. The molecule has 0 aliphatic heterocycles. The summed E-state index contributed by atoms with van der Waals surface area (Å²) < 4.78 is 6.83. The van der Waals surface area contributed by atoms with E-state index in [1.54, 1.807) is 4.68 Å². The van der Waals surface area contributed by atoms with Crippen LogP contribution < -0.4 is 0 Å². The van der Waals surface area contributed by atoms with Crippen molar-refractivity contribution in [1.29, 1.82) is 5.26 Å². The van der Waals surface area contributed by atoms with Crippen molar-refractivity contribution in [3.63, 3.8) is 0 Å². The van der Waals surface area contributed by atoms with Gasteiger partial charge in [-0.2, -0.15) is 10.4 Å². The van der Waals surface area contributed by atoms with Gasteiger partial charge in [0.15, 0.2) is 0 Å². The van der Waals surface area contributed by atoms with E-state index in [0.29, 0.717) is 33.9 Å². The van der Waals surface area contributed by atoms with Crippen LogP contribution in [0.25, 0.3) is 11.3 Å². The third-order valence-corrected chi connectivity index (χ3v) is 3.83. The molecule has 0 N–H and O–H groups in total. The van der Waals surface area contributed by atoms with Gasteiger partial charge in [0, 0.05) is 29.7 Å². The molecule has 2 radical (unpaired) electrons. The molecule has 0 saturated carbocycles. The summed E-state index contributed by atoms with van der Waals surface area (Å²) in [7, 11) is 7.34. The average molecular weight is 307 g/mol. The van der Waals surface area contributed by atoms with Crippen molar-refractivity contribution in [2.24, 2.45) is 7.05 Å². The van der Waals surface area contributed by atoms with Gasteiger partial charge in [0.2, 0.25) is 0 Å². The Bertz CT molecular complexity index is 822. The van der Waals surface area contributed by atoms with Gasteiger partial charge in [-0.1, -0.05) is 0 Å². The zero-order valence-electron chi connectivity index (χ0n) is 14.2. The lowest BCUT2D eigenvalue weighted by Gasteiger charge is -2.14. The maximum Gasteiger partial charge on any atom is 0.374 e. The highest BCUT2D eigenvalue weighted by molar-refractivity contribution is 6.07. The molecule has 0 unspecified atom stereocenters. The van der Waals surface area contributed by atoms with Crippen LogP contribution in [0.3, 0.4) is 0 Å². The van der Waals surface area contributed by atoms with Gasteiger partial charge in [-0.3, -0.25) is 4.68 Å². The second-order valence-corrected chi connectivity index (χ2v) is 5.42. The number of hydrogen-bond acceptors (Lipinski definition) is 5. The molecule has 2 aromatic rings. The van der Waals surface area contributed by atoms with E-state index in [4.69, 9.17) is 12.7 Å². The van der Waals surface area contributed by atoms with Crippen molar-refractivity contribution < 1.29 is 4.65 Å². The van der Waals surface area contributed by atoms with Crippen LogP contribution >= 0.6 is 0 Å². The largest absolute Gasteiger partial charge is 0.566 e. The highest BCUT2D eigenvalue weighted by atomic mass is 16.4. The number of nitrogens with zero attached hydrogens (tertiary/aromatic N) is 5. The molecular weight excluding hydrogens is 289 g/mol. The summed E-state index contributed by atoms with van der Waals surface area (Å²) in [6.07, 6.45) is 0. The first-order valence-electron chi connectivity index (χ1n) is 7.15. The molecule has 23 heavy (non-hydrogen) atoms. The van der Waals surface area contributed by atoms with Crippen molar-refractivity contribution in [3.8, 4) is 6.07 Å². The van der Waals surface area contributed by atoms with Crippen LogP contribution in [0, 0.1) is 45.9 Å². The topological polar surface area (TPSA) is 76.6 Å².